The monoisotopic (exact) mass is 461 g/mol. The highest BCUT2D eigenvalue weighted by molar-refractivity contribution is 6.33. The fourth-order valence-corrected chi connectivity index (χ4v) is 3.93. The van der Waals surface area contributed by atoms with Gasteiger partial charge in [-0.15, -0.1) is 0 Å². The van der Waals surface area contributed by atoms with Gasteiger partial charge in [0.2, 0.25) is 5.91 Å². The Kier molecular flexibility index (Phi) is 6.95. The van der Waals surface area contributed by atoms with E-state index in [0.29, 0.717) is 29.3 Å². The standard InChI is InChI=1S/C26H24ClN3O3/c1-33-19-8-6-7-17(13-19)15-29-26(32)24(30-25(31)21-10-2-4-11-22(21)27)14-18-16-28-23-12-5-3-9-20(18)23/h2-13,16,24,28H,14-15H2,1H3,(H,29,32)(H,30,31). The van der Waals surface area contributed by atoms with Gasteiger partial charge >= 0.3 is 0 Å². The van der Waals surface area contributed by atoms with Crippen molar-refractivity contribution in [1.82, 2.24) is 15.6 Å². The molecule has 7 heteroatoms. The number of amides is 2. The summed E-state index contributed by atoms with van der Waals surface area (Å²) in [6.07, 6.45) is 2.19. The minimum absolute atomic E-state index is 0.288. The maximum atomic E-state index is 13.2. The first-order valence-corrected chi connectivity index (χ1v) is 10.9. The van der Waals surface area contributed by atoms with Crippen molar-refractivity contribution >= 4 is 34.3 Å². The van der Waals surface area contributed by atoms with Crippen LogP contribution in [0.2, 0.25) is 5.02 Å². The molecule has 0 aliphatic carbocycles. The van der Waals surface area contributed by atoms with E-state index in [1.165, 1.54) is 0 Å². The van der Waals surface area contributed by atoms with Crippen LogP contribution in [0, 0.1) is 0 Å². The Morgan fingerprint density at radius 1 is 1.03 bits per heavy atom. The van der Waals surface area contributed by atoms with E-state index >= 15 is 0 Å². The lowest BCUT2D eigenvalue weighted by Crippen LogP contribution is -2.47. The predicted molar refractivity (Wildman–Crippen MR) is 130 cm³/mol. The molecule has 0 fully saturated rings. The average molecular weight is 462 g/mol. The van der Waals surface area contributed by atoms with E-state index in [0.717, 1.165) is 22.0 Å². The van der Waals surface area contributed by atoms with E-state index < -0.39 is 11.9 Å². The van der Waals surface area contributed by atoms with Crippen molar-refractivity contribution in [2.45, 2.75) is 19.0 Å². The third-order valence-electron chi connectivity index (χ3n) is 5.44. The van der Waals surface area contributed by atoms with Crippen molar-refractivity contribution in [3.8, 4) is 5.75 Å². The van der Waals surface area contributed by atoms with Gasteiger partial charge in [-0.05, 0) is 41.5 Å². The van der Waals surface area contributed by atoms with Gasteiger partial charge in [0.25, 0.3) is 5.91 Å². The van der Waals surface area contributed by atoms with Crippen molar-refractivity contribution in [1.29, 1.82) is 0 Å². The smallest absolute Gasteiger partial charge is 0.253 e. The summed E-state index contributed by atoms with van der Waals surface area (Å²) in [5, 5.41) is 7.13. The average Bonchev–Trinajstić information content (AvgIpc) is 3.25. The largest absolute Gasteiger partial charge is 0.497 e. The number of fused-ring (bicyclic) bond motifs is 1. The van der Waals surface area contributed by atoms with Gasteiger partial charge in [-0.1, -0.05) is 54.1 Å². The van der Waals surface area contributed by atoms with Crippen LogP contribution in [0.3, 0.4) is 0 Å². The molecule has 0 saturated heterocycles. The van der Waals surface area contributed by atoms with Crippen molar-refractivity contribution in [3.63, 3.8) is 0 Å². The summed E-state index contributed by atoms with van der Waals surface area (Å²) in [6, 6.07) is 21.3. The van der Waals surface area contributed by atoms with E-state index in [4.69, 9.17) is 16.3 Å². The predicted octanol–water partition coefficient (Wildman–Crippen LogP) is 4.49. The second-order valence-corrected chi connectivity index (χ2v) is 8.05. The minimum Gasteiger partial charge on any atom is -0.497 e. The third-order valence-corrected chi connectivity index (χ3v) is 5.77. The molecule has 1 atom stereocenters. The molecule has 4 aromatic rings. The first-order chi connectivity index (χ1) is 16.0. The van der Waals surface area contributed by atoms with Crippen LogP contribution < -0.4 is 15.4 Å². The third kappa shape index (κ3) is 5.35. The molecule has 3 aromatic carbocycles. The number of aromatic amines is 1. The molecule has 0 aliphatic heterocycles. The molecular weight excluding hydrogens is 438 g/mol. The van der Waals surface area contributed by atoms with Gasteiger partial charge in [0.05, 0.1) is 17.7 Å². The summed E-state index contributed by atoms with van der Waals surface area (Å²) in [5.41, 5.74) is 3.13. The minimum atomic E-state index is -0.793. The quantitative estimate of drug-likeness (QED) is 0.361. The van der Waals surface area contributed by atoms with Crippen LogP contribution in [0.1, 0.15) is 21.5 Å². The van der Waals surface area contributed by atoms with Crippen LogP contribution >= 0.6 is 11.6 Å². The highest BCUT2D eigenvalue weighted by atomic mass is 35.5. The Morgan fingerprint density at radius 3 is 2.64 bits per heavy atom. The van der Waals surface area contributed by atoms with E-state index in [1.807, 2.05) is 54.7 Å². The molecule has 0 spiro atoms. The van der Waals surface area contributed by atoms with Gasteiger partial charge in [-0.3, -0.25) is 9.59 Å². The van der Waals surface area contributed by atoms with Crippen LogP contribution in [-0.4, -0.2) is 29.9 Å². The maximum Gasteiger partial charge on any atom is 0.253 e. The Labute approximate surface area is 196 Å². The van der Waals surface area contributed by atoms with E-state index in [9.17, 15) is 9.59 Å². The molecule has 3 N–H and O–H groups in total. The number of rotatable bonds is 8. The summed E-state index contributed by atoms with van der Waals surface area (Å²) >= 11 is 6.19. The lowest BCUT2D eigenvalue weighted by molar-refractivity contribution is -0.123. The number of hydrogen-bond donors (Lipinski definition) is 3. The molecule has 0 saturated carbocycles. The zero-order chi connectivity index (χ0) is 23.2. The highest BCUT2D eigenvalue weighted by Crippen LogP contribution is 2.20. The number of nitrogens with one attached hydrogen (secondary N) is 3. The van der Waals surface area contributed by atoms with Crippen LogP contribution in [0.15, 0.2) is 79.0 Å². The van der Waals surface area contributed by atoms with Gasteiger partial charge in [-0.2, -0.15) is 0 Å². The number of benzene rings is 3. The summed E-state index contributed by atoms with van der Waals surface area (Å²) in [7, 11) is 1.60. The molecule has 1 unspecified atom stereocenters. The molecule has 0 bridgehead atoms. The number of para-hydroxylation sites is 1. The van der Waals surface area contributed by atoms with E-state index in [-0.39, 0.29) is 5.91 Å². The first-order valence-electron chi connectivity index (χ1n) is 10.6. The summed E-state index contributed by atoms with van der Waals surface area (Å²) in [5.74, 6) is 0.0228. The van der Waals surface area contributed by atoms with Gasteiger partial charge in [0, 0.05) is 30.1 Å². The number of carbonyl (C=O) groups is 2. The zero-order valence-corrected chi connectivity index (χ0v) is 18.9. The maximum absolute atomic E-state index is 13.2. The zero-order valence-electron chi connectivity index (χ0n) is 18.1. The second kappa shape index (κ2) is 10.2. The van der Waals surface area contributed by atoms with Crippen molar-refractivity contribution in [3.05, 3.63) is 101 Å². The van der Waals surface area contributed by atoms with Gasteiger partial charge in [0.1, 0.15) is 11.8 Å². The molecule has 33 heavy (non-hydrogen) atoms. The molecule has 1 heterocycles. The van der Waals surface area contributed by atoms with Gasteiger partial charge < -0.3 is 20.4 Å². The number of aromatic nitrogens is 1. The number of hydrogen-bond acceptors (Lipinski definition) is 3. The van der Waals surface area contributed by atoms with Crippen molar-refractivity contribution in [2.75, 3.05) is 7.11 Å². The number of H-pyrrole nitrogens is 1. The van der Waals surface area contributed by atoms with E-state index in [2.05, 4.69) is 15.6 Å². The van der Waals surface area contributed by atoms with Gasteiger partial charge in [-0.25, -0.2) is 0 Å². The normalized spacial score (nSPS) is 11.7. The SMILES string of the molecule is COc1cccc(CNC(=O)C(Cc2c[nH]c3ccccc23)NC(=O)c2ccccc2Cl)c1. The molecule has 0 aliphatic rings. The Morgan fingerprint density at radius 2 is 1.82 bits per heavy atom. The Hall–Kier alpha value is -3.77. The van der Waals surface area contributed by atoms with Crippen LogP contribution in [0.5, 0.6) is 5.75 Å². The second-order valence-electron chi connectivity index (χ2n) is 7.64. The number of halogens is 1. The Balaban J connectivity index is 1.55. The molecule has 0 radical (unpaired) electrons. The lowest BCUT2D eigenvalue weighted by atomic mass is 10.0. The summed E-state index contributed by atoms with van der Waals surface area (Å²) < 4.78 is 5.25. The molecular formula is C26H24ClN3O3. The fraction of sp³-hybridized carbons (Fsp3) is 0.154. The molecule has 4 rings (SSSR count). The summed E-state index contributed by atoms with van der Waals surface area (Å²) in [6.45, 7) is 0.308. The molecule has 2 amide bonds. The molecule has 1 aromatic heterocycles. The fourth-order valence-electron chi connectivity index (χ4n) is 3.71. The Bertz CT molecular complexity index is 1280. The van der Waals surface area contributed by atoms with Crippen LogP contribution in [0.25, 0.3) is 10.9 Å². The highest BCUT2D eigenvalue weighted by Gasteiger charge is 2.24. The lowest BCUT2D eigenvalue weighted by Gasteiger charge is -2.19. The van der Waals surface area contributed by atoms with Crippen molar-refractivity contribution in [2.24, 2.45) is 0 Å². The van der Waals surface area contributed by atoms with Crippen LogP contribution in [-0.2, 0) is 17.8 Å². The van der Waals surface area contributed by atoms with E-state index in [1.54, 1.807) is 31.4 Å². The topological polar surface area (TPSA) is 83.2 Å². The van der Waals surface area contributed by atoms with Gasteiger partial charge in [0.15, 0.2) is 0 Å². The summed E-state index contributed by atoms with van der Waals surface area (Å²) in [4.78, 5) is 29.3. The van der Waals surface area contributed by atoms with Crippen LogP contribution in [0.4, 0.5) is 0 Å². The number of carbonyl (C=O) groups excluding carboxylic acids is 2. The molecule has 168 valence electrons. The number of ether oxygens (including phenoxy) is 1. The first kappa shape index (κ1) is 22.4. The number of methoxy groups -OCH3 is 1. The van der Waals surface area contributed by atoms with Crippen molar-refractivity contribution < 1.29 is 14.3 Å². The molecule has 6 nitrogen and oxygen atoms in total.